The number of nitrogens with zero attached hydrogens (tertiary/aromatic N) is 2. The number of amides is 2. The van der Waals surface area contributed by atoms with Gasteiger partial charge in [0, 0.05) is 56.7 Å². The number of halogens is 2. The average Bonchev–Trinajstić information content (AvgIpc) is 3.35. The molecule has 2 heterocycles. The minimum absolute atomic E-state index is 0.00153. The van der Waals surface area contributed by atoms with Crippen molar-refractivity contribution < 1.29 is 14.0 Å². The van der Waals surface area contributed by atoms with E-state index in [1.165, 1.54) is 23.4 Å². The molecule has 0 radical (unpaired) electrons. The Kier molecular flexibility index (Phi) is 7.70. The van der Waals surface area contributed by atoms with Crippen LogP contribution in [-0.4, -0.2) is 49.4 Å². The van der Waals surface area contributed by atoms with Crippen LogP contribution in [0.1, 0.15) is 49.5 Å². The lowest BCUT2D eigenvalue weighted by atomic mass is 9.92. The normalized spacial score (nSPS) is 19.7. The second kappa shape index (κ2) is 10.6. The van der Waals surface area contributed by atoms with Gasteiger partial charge in [-0.25, -0.2) is 4.39 Å². The van der Waals surface area contributed by atoms with Crippen molar-refractivity contribution in [1.29, 1.82) is 0 Å². The van der Waals surface area contributed by atoms with Gasteiger partial charge in [0.25, 0.3) is 5.91 Å². The van der Waals surface area contributed by atoms with E-state index in [1.807, 2.05) is 0 Å². The number of likely N-dealkylation sites (tertiary alicyclic amines) is 1. The van der Waals surface area contributed by atoms with Crippen molar-refractivity contribution in [2.24, 2.45) is 17.3 Å². The average molecular weight is 500 g/mol. The highest BCUT2D eigenvalue weighted by Crippen LogP contribution is 2.35. The number of hydrogen-bond donors (Lipinski definition) is 1. The first-order valence-corrected chi connectivity index (χ1v) is 12.8. The van der Waals surface area contributed by atoms with Gasteiger partial charge in [0.15, 0.2) is 0 Å². The van der Waals surface area contributed by atoms with Gasteiger partial charge in [0.05, 0.1) is 10.6 Å². The van der Waals surface area contributed by atoms with Gasteiger partial charge in [-0.15, -0.1) is 0 Å². The minimum Gasteiger partial charge on any atom is -0.371 e. The van der Waals surface area contributed by atoms with E-state index in [0.29, 0.717) is 37.9 Å². The van der Waals surface area contributed by atoms with Gasteiger partial charge in [-0.1, -0.05) is 50.6 Å². The fraction of sp³-hybridized carbons (Fsp3) is 0.500. The summed E-state index contributed by atoms with van der Waals surface area (Å²) in [6, 6.07) is 13.0. The second-order valence-electron chi connectivity index (χ2n) is 11.1. The van der Waals surface area contributed by atoms with Gasteiger partial charge in [-0.2, -0.15) is 0 Å². The summed E-state index contributed by atoms with van der Waals surface area (Å²) in [7, 11) is 0. The fourth-order valence-corrected chi connectivity index (χ4v) is 5.45. The van der Waals surface area contributed by atoms with Crippen LogP contribution in [0.2, 0.25) is 5.02 Å². The third-order valence-corrected chi connectivity index (χ3v) is 7.20. The van der Waals surface area contributed by atoms with Crippen molar-refractivity contribution in [3.8, 4) is 0 Å². The summed E-state index contributed by atoms with van der Waals surface area (Å²) in [4.78, 5) is 29.1. The maximum Gasteiger partial charge on any atom is 0.258 e. The zero-order valence-electron chi connectivity index (χ0n) is 20.8. The minimum atomic E-state index is -0.563. The van der Waals surface area contributed by atoms with Crippen LogP contribution in [0.3, 0.4) is 0 Å². The molecule has 2 aromatic carbocycles. The molecule has 0 aliphatic carbocycles. The highest BCUT2D eigenvalue weighted by atomic mass is 35.5. The summed E-state index contributed by atoms with van der Waals surface area (Å²) in [5.74, 6) is -0.0329. The maximum atomic E-state index is 14.2. The Bertz CT molecular complexity index is 1050. The molecule has 2 aromatic rings. The Morgan fingerprint density at radius 3 is 2.40 bits per heavy atom. The molecule has 2 saturated heterocycles. The fourth-order valence-electron chi connectivity index (χ4n) is 5.20. The number of anilines is 1. The van der Waals surface area contributed by atoms with E-state index in [-0.39, 0.29) is 27.8 Å². The van der Waals surface area contributed by atoms with E-state index in [9.17, 15) is 14.0 Å². The SMILES string of the molecule is CC(C)(C)CC(=O)NCCCc1cccc(N2CC3CN(C(=O)c4c(F)cccc4Cl)CC3C2)c1. The molecule has 4 rings (SSSR count). The number of nitrogens with one attached hydrogen (secondary N) is 1. The summed E-state index contributed by atoms with van der Waals surface area (Å²) in [6.45, 7) is 9.90. The van der Waals surface area contributed by atoms with Crippen molar-refractivity contribution in [2.75, 3.05) is 37.6 Å². The van der Waals surface area contributed by atoms with E-state index in [2.05, 4.69) is 55.3 Å². The molecule has 1 N–H and O–H groups in total. The topological polar surface area (TPSA) is 52.7 Å². The Morgan fingerprint density at radius 2 is 1.74 bits per heavy atom. The first-order chi connectivity index (χ1) is 16.6. The molecule has 2 aliphatic heterocycles. The van der Waals surface area contributed by atoms with Crippen molar-refractivity contribution in [3.63, 3.8) is 0 Å². The van der Waals surface area contributed by atoms with Crippen LogP contribution in [0.25, 0.3) is 0 Å². The van der Waals surface area contributed by atoms with E-state index in [4.69, 9.17) is 11.6 Å². The third kappa shape index (κ3) is 6.35. The van der Waals surface area contributed by atoms with Gasteiger partial charge in [-0.05, 0) is 48.1 Å². The summed E-state index contributed by atoms with van der Waals surface area (Å²) < 4.78 is 14.2. The lowest BCUT2D eigenvalue weighted by Gasteiger charge is -2.24. The molecule has 2 unspecified atom stereocenters. The highest BCUT2D eigenvalue weighted by Gasteiger charge is 2.42. The molecule has 2 fully saturated rings. The molecular weight excluding hydrogens is 465 g/mol. The number of carbonyl (C=O) groups is 2. The number of hydrogen-bond acceptors (Lipinski definition) is 3. The molecule has 0 bridgehead atoms. The molecule has 2 amide bonds. The molecule has 2 aliphatic rings. The molecule has 5 nitrogen and oxygen atoms in total. The maximum absolute atomic E-state index is 14.2. The van der Waals surface area contributed by atoms with Crippen molar-refractivity contribution in [1.82, 2.24) is 10.2 Å². The molecule has 0 saturated carbocycles. The Labute approximate surface area is 212 Å². The smallest absolute Gasteiger partial charge is 0.258 e. The van der Waals surface area contributed by atoms with Gasteiger partial charge in [0.1, 0.15) is 5.82 Å². The lowest BCUT2D eigenvalue weighted by molar-refractivity contribution is -0.122. The predicted octanol–water partition coefficient (Wildman–Crippen LogP) is 5.17. The highest BCUT2D eigenvalue weighted by molar-refractivity contribution is 6.33. The molecule has 7 heteroatoms. The molecule has 2 atom stereocenters. The van der Waals surface area contributed by atoms with Crippen molar-refractivity contribution in [2.45, 2.75) is 40.0 Å². The van der Waals surface area contributed by atoms with E-state index in [0.717, 1.165) is 25.9 Å². The van der Waals surface area contributed by atoms with Crippen LogP contribution in [0, 0.1) is 23.1 Å². The van der Waals surface area contributed by atoms with Crippen LogP contribution < -0.4 is 10.2 Å². The summed E-state index contributed by atoms with van der Waals surface area (Å²) in [6.07, 6.45) is 2.35. The molecule has 0 aromatic heterocycles. The predicted molar refractivity (Wildman–Crippen MR) is 138 cm³/mol. The van der Waals surface area contributed by atoms with Crippen molar-refractivity contribution in [3.05, 3.63) is 64.4 Å². The number of fused-ring (bicyclic) bond motifs is 1. The standard InChI is InChI=1S/C28H35ClFN3O2/c1-28(2,3)14-25(34)31-12-6-8-19-7-4-9-22(13-19)32-15-20-17-33(18-21(20)16-32)27(35)26-23(29)10-5-11-24(26)30/h4-5,7,9-11,13,20-21H,6,8,12,14-18H2,1-3H3,(H,31,34). The first kappa shape index (κ1) is 25.5. The molecule has 188 valence electrons. The molecular formula is C28H35ClFN3O2. The summed E-state index contributed by atoms with van der Waals surface area (Å²) in [5.41, 5.74) is 2.44. The Morgan fingerprint density at radius 1 is 1.06 bits per heavy atom. The van der Waals surface area contributed by atoms with Gasteiger partial charge >= 0.3 is 0 Å². The largest absolute Gasteiger partial charge is 0.371 e. The van der Waals surface area contributed by atoms with E-state index in [1.54, 1.807) is 11.0 Å². The van der Waals surface area contributed by atoms with Crippen LogP contribution in [0.15, 0.2) is 42.5 Å². The zero-order valence-corrected chi connectivity index (χ0v) is 21.6. The zero-order chi connectivity index (χ0) is 25.2. The summed E-state index contributed by atoms with van der Waals surface area (Å²) in [5, 5.41) is 3.19. The number of aryl methyl sites for hydroxylation is 1. The van der Waals surface area contributed by atoms with E-state index >= 15 is 0 Å². The molecule has 35 heavy (non-hydrogen) atoms. The monoisotopic (exact) mass is 499 g/mol. The summed E-state index contributed by atoms with van der Waals surface area (Å²) >= 11 is 6.11. The van der Waals surface area contributed by atoms with Gasteiger partial charge in [-0.3, -0.25) is 9.59 Å². The Hall–Kier alpha value is -2.60. The van der Waals surface area contributed by atoms with Gasteiger partial charge in [0.2, 0.25) is 5.91 Å². The van der Waals surface area contributed by atoms with Crippen LogP contribution in [-0.2, 0) is 11.2 Å². The Balaban J connectivity index is 1.28. The number of carbonyl (C=O) groups excluding carboxylic acids is 2. The van der Waals surface area contributed by atoms with Crippen LogP contribution in [0.4, 0.5) is 10.1 Å². The van der Waals surface area contributed by atoms with Crippen LogP contribution >= 0.6 is 11.6 Å². The molecule has 0 spiro atoms. The lowest BCUT2D eigenvalue weighted by Crippen LogP contribution is -2.34. The van der Waals surface area contributed by atoms with Crippen molar-refractivity contribution >= 4 is 29.1 Å². The first-order valence-electron chi connectivity index (χ1n) is 12.4. The number of rotatable bonds is 7. The quantitative estimate of drug-likeness (QED) is 0.534. The third-order valence-electron chi connectivity index (χ3n) is 6.88. The second-order valence-corrected chi connectivity index (χ2v) is 11.5. The van der Waals surface area contributed by atoms with E-state index < -0.39 is 5.82 Å². The number of benzene rings is 2. The van der Waals surface area contributed by atoms with Crippen LogP contribution in [0.5, 0.6) is 0 Å². The van der Waals surface area contributed by atoms with Gasteiger partial charge < -0.3 is 15.1 Å².